The summed E-state index contributed by atoms with van der Waals surface area (Å²) in [6, 6.07) is 3.15. The quantitative estimate of drug-likeness (QED) is 0.494. The Bertz CT molecular complexity index is 962. The van der Waals surface area contributed by atoms with Crippen molar-refractivity contribution >= 4 is 28.2 Å². The Balaban J connectivity index is 1.94. The predicted molar refractivity (Wildman–Crippen MR) is 124 cm³/mol. The van der Waals surface area contributed by atoms with E-state index in [-0.39, 0.29) is 18.4 Å². The highest BCUT2D eigenvalue weighted by Gasteiger charge is 2.29. The van der Waals surface area contributed by atoms with Gasteiger partial charge in [0.2, 0.25) is 5.75 Å². The maximum Gasteiger partial charge on any atom is 0.256 e. The third kappa shape index (κ3) is 4.99. The number of benzene rings is 1. The standard InChI is InChI=1S/C23H30N2O6S/c1-13-6-7-15-18(10-13)32-23(19(15)22(28)24-8-5-9-26)25-21(27)14-11-16(29-2)20(31-4)17(12-14)30-3/h11-13,26H,5-10H2,1-4H3,(H,24,28)(H,25,27). The summed E-state index contributed by atoms with van der Waals surface area (Å²) in [5.74, 6) is 1.07. The van der Waals surface area contributed by atoms with Crippen molar-refractivity contribution < 1.29 is 28.9 Å². The number of aliphatic hydroxyl groups is 1. The number of rotatable bonds is 9. The summed E-state index contributed by atoms with van der Waals surface area (Å²) < 4.78 is 16.0. The number of carbonyl (C=O) groups is 2. The predicted octanol–water partition coefficient (Wildman–Crippen LogP) is 3.26. The lowest BCUT2D eigenvalue weighted by Gasteiger charge is -2.18. The van der Waals surface area contributed by atoms with E-state index in [2.05, 4.69) is 17.6 Å². The number of ether oxygens (including phenoxy) is 3. The Morgan fingerprint density at radius 1 is 1.12 bits per heavy atom. The van der Waals surface area contributed by atoms with Crippen LogP contribution < -0.4 is 24.8 Å². The highest BCUT2D eigenvalue weighted by molar-refractivity contribution is 7.17. The van der Waals surface area contributed by atoms with Gasteiger partial charge < -0.3 is 30.0 Å². The molecule has 1 aromatic carbocycles. The Morgan fingerprint density at radius 3 is 2.41 bits per heavy atom. The van der Waals surface area contributed by atoms with Crippen molar-refractivity contribution in [2.24, 2.45) is 5.92 Å². The van der Waals surface area contributed by atoms with Gasteiger partial charge in [0.05, 0.1) is 26.9 Å². The van der Waals surface area contributed by atoms with Gasteiger partial charge >= 0.3 is 0 Å². The van der Waals surface area contributed by atoms with Gasteiger partial charge in [-0.2, -0.15) is 0 Å². The molecule has 1 aliphatic carbocycles. The van der Waals surface area contributed by atoms with Gasteiger partial charge in [0.1, 0.15) is 5.00 Å². The number of methoxy groups -OCH3 is 3. The average molecular weight is 463 g/mol. The number of nitrogens with one attached hydrogen (secondary N) is 2. The minimum Gasteiger partial charge on any atom is -0.493 e. The molecule has 2 amide bonds. The number of anilines is 1. The van der Waals surface area contributed by atoms with Gasteiger partial charge in [-0.1, -0.05) is 6.92 Å². The molecule has 1 aliphatic rings. The van der Waals surface area contributed by atoms with E-state index in [1.54, 1.807) is 12.1 Å². The number of hydrogen-bond donors (Lipinski definition) is 3. The van der Waals surface area contributed by atoms with Crippen molar-refractivity contribution in [1.29, 1.82) is 0 Å². The van der Waals surface area contributed by atoms with E-state index in [1.807, 2.05) is 0 Å². The normalized spacial score (nSPS) is 15.0. The molecule has 0 saturated carbocycles. The Morgan fingerprint density at radius 2 is 1.81 bits per heavy atom. The fraction of sp³-hybridized carbons (Fsp3) is 0.478. The molecule has 1 aromatic heterocycles. The number of hydrogen-bond acceptors (Lipinski definition) is 7. The molecular formula is C23H30N2O6S. The second kappa shape index (κ2) is 10.7. The van der Waals surface area contributed by atoms with Gasteiger partial charge in [-0.25, -0.2) is 0 Å². The summed E-state index contributed by atoms with van der Waals surface area (Å²) in [7, 11) is 4.48. The van der Waals surface area contributed by atoms with Crippen LogP contribution >= 0.6 is 11.3 Å². The van der Waals surface area contributed by atoms with Gasteiger partial charge in [0.15, 0.2) is 11.5 Å². The number of aliphatic hydroxyl groups excluding tert-OH is 1. The maximum atomic E-state index is 13.1. The van der Waals surface area contributed by atoms with Crippen molar-refractivity contribution in [2.45, 2.75) is 32.6 Å². The molecule has 1 heterocycles. The first-order valence-corrected chi connectivity index (χ1v) is 11.4. The molecule has 0 fully saturated rings. The zero-order valence-electron chi connectivity index (χ0n) is 18.9. The minimum atomic E-state index is -0.375. The number of amides is 2. The van der Waals surface area contributed by atoms with Crippen LogP contribution in [-0.2, 0) is 12.8 Å². The zero-order valence-corrected chi connectivity index (χ0v) is 19.7. The molecule has 0 bridgehead atoms. The molecule has 0 aliphatic heterocycles. The summed E-state index contributed by atoms with van der Waals surface area (Å²) in [6.07, 6.45) is 3.16. The zero-order chi connectivity index (χ0) is 23.3. The van der Waals surface area contributed by atoms with Crippen molar-refractivity contribution in [3.8, 4) is 17.2 Å². The Labute approximate surface area is 191 Å². The van der Waals surface area contributed by atoms with Gasteiger partial charge in [-0.15, -0.1) is 11.3 Å². The van der Waals surface area contributed by atoms with Crippen molar-refractivity contribution in [2.75, 3.05) is 39.8 Å². The minimum absolute atomic E-state index is 0.00423. The number of thiophene rings is 1. The van der Waals surface area contributed by atoms with E-state index in [1.165, 1.54) is 32.7 Å². The third-order valence-electron chi connectivity index (χ3n) is 5.51. The van der Waals surface area contributed by atoms with Crippen molar-refractivity contribution in [1.82, 2.24) is 5.32 Å². The van der Waals surface area contributed by atoms with Gasteiger partial charge in [0.25, 0.3) is 11.8 Å². The van der Waals surface area contributed by atoms with E-state index in [9.17, 15) is 9.59 Å². The van der Waals surface area contributed by atoms with Crippen LogP contribution in [-0.4, -0.2) is 51.4 Å². The van der Waals surface area contributed by atoms with Crippen LogP contribution in [0, 0.1) is 5.92 Å². The summed E-state index contributed by atoms with van der Waals surface area (Å²) >= 11 is 1.45. The highest BCUT2D eigenvalue weighted by atomic mass is 32.1. The fourth-order valence-corrected chi connectivity index (χ4v) is 5.24. The summed E-state index contributed by atoms with van der Waals surface area (Å²) in [6.45, 7) is 2.57. The van der Waals surface area contributed by atoms with Crippen LogP contribution in [0.15, 0.2) is 12.1 Å². The van der Waals surface area contributed by atoms with Crippen LogP contribution in [0.2, 0.25) is 0 Å². The molecule has 32 heavy (non-hydrogen) atoms. The molecule has 8 nitrogen and oxygen atoms in total. The lowest BCUT2D eigenvalue weighted by atomic mass is 9.88. The second-order valence-corrected chi connectivity index (χ2v) is 8.86. The molecule has 9 heteroatoms. The summed E-state index contributed by atoms with van der Waals surface area (Å²) in [5.41, 5.74) is 1.86. The molecule has 0 spiro atoms. The van der Waals surface area contributed by atoms with Crippen LogP contribution in [0.4, 0.5) is 5.00 Å². The molecule has 0 saturated heterocycles. The first-order valence-electron chi connectivity index (χ1n) is 10.6. The SMILES string of the molecule is COc1cc(C(=O)Nc2sc3c(c2C(=O)NCCCO)CCC(C)C3)cc(OC)c1OC. The summed E-state index contributed by atoms with van der Waals surface area (Å²) in [4.78, 5) is 27.2. The molecule has 2 aromatic rings. The largest absolute Gasteiger partial charge is 0.493 e. The van der Waals surface area contributed by atoms with E-state index in [0.717, 1.165) is 29.7 Å². The van der Waals surface area contributed by atoms with Gasteiger partial charge in [-0.3, -0.25) is 9.59 Å². The molecule has 3 N–H and O–H groups in total. The third-order valence-corrected chi connectivity index (χ3v) is 6.68. The average Bonchev–Trinajstić information content (AvgIpc) is 3.14. The van der Waals surface area contributed by atoms with Crippen LogP contribution in [0.1, 0.15) is 50.9 Å². The monoisotopic (exact) mass is 462 g/mol. The Kier molecular flexibility index (Phi) is 7.98. The molecule has 174 valence electrons. The molecular weight excluding hydrogens is 432 g/mol. The fourth-order valence-electron chi connectivity index (χ4n) is 3.84. The first kappa shape index (κ1) is 23.9. The van der Waals surface area contributed by atoms with Crippen LogP contribution in [0.25, 0.3) is 0 Å². The molecule has 3 rings (SSSR count). The molecule has 0 radical (unpaired) electrons. The van der Waals surface area contributed by atoms with E-state index in [0.29, 0.717) is 52.3 Å². The topological polar surface area (TPSA) is 106 Å². The smallest absolute Gasteiger partial charge is 0.256 e. The van der Waals surface area contributed by atoms with Crippen molar-refractivity contribution in [3.63, 3.8) is 0 Å². The van der Waals surface area contributed by atoms with E-state index < -0.39 is 0 Å². The number of fused-ring (bicyclic) bond motifs is 1. The number of carbonyl (C=O) groups excluding carboxylic acids is 2. The van der Waals surface area contributed by atoms with Crippen LogP contribution in [0.3, 0.4) is 0 Å². The Hall–Kier alpha value is -2.78. The van der Waals surface area contributed by atoms with Gasteiger partial charge in [-0.05, 0) is 49.3 Å². The van der Waals surface area contributed by atoms with Crippen molar-refractivity contribution in [3.05, 3.63) is 33.7 Å². The van der Waals surface area contributed by atoms with E-state index in [4.69, 9.17) is 19.3 Å². The maximum absolute atomic E-state index is 13.1. The lowest BCUT2D eigenvalue weighted by Crippen LogP contribution is -2.27. The first-order chi connectivity index (χ1) is 15.4. The van der Waals surface area contributed by atoms with Crippen LogP contribution in [0.5, 0.6) is 17.2 Å². The second-order valence-electron chi connectivity index (χ2n) is 7.76. The van der Waals surface area contributed by atoms with E-state index >= 15 is 0 Å². The van der Waals surface area contributed by atoms with Gasteiger partial charge in [0, 0.05) is 23.6 Å². The highest BCUT2D eigenvalue weighted by Crippen LogP contribution is 2.41. The molecule has 1 unspecified atom stereocenters. The molecule has 1 atom stereocenters. The lowest BCUT2D eigenvalue weighted by molar-refractivity contribution is 0.0951. The summed E-state index contributed by atoms with van der Waals surface area (Å²) in [5, 5.41) is 15.3.